The average molecular weight is 242 g/mol. The third kappa shape index (κ3) is 10.3. The highest BCUT2D eigenvalue weighted by atomic mass is 35.8. The monoisotopic (exact) mass is 240 g/mol. The van der Waals surface area contributed by atoms with Crippen LogP contribution in [0.2, 0.25) is 6.04 Å². The van der Waals surface area contributed by atoms with Crippen molar-refractivity contribution in [3.05, 3.63) is 36.5 Å². The van der Waals surface area contributed by atoms with Gasteiger partial charge < -0.3 is 0 Å². The van der Waals surface area contributed by atoms with E-state index in [1.54, 1.807) is 0 Å². The summed E-state index contributed by atoms with van der Waals surface area (Å²) in [5.74, 6) is 0. The summed E-state index contributed by atoms with van der Waals surface area (Å²) >= 11 is 17.0. The Morgan fingerprint density at radius 3 is 2.08 bits per heavy atom. The molecule has 0 aliphatic carbocycles. The van der Waals surface area contributed by atoms with E-state index >= 15 is 0 Å². The second-order valence-corrected chi connectivity index (χ2v) is 11.3. The van der Waals surface area contributed by atoms with Crippen LogP contribution in [0.4, 0.5) is 0 Å². The lowest BCUT2D eigenvalue weighted by atomic mass is 10.4. The number of allylic oxidation sites excluding steroid dienone is 6. The quantitative estimate of drug-likeness (QED) is 0.390. The van der Waals surface area contributed by atoms with Crippen LogP contribution in [0.5, 0.6) is 0 Å². The fourth-order valence-electron chi connectivity index (χ4n) is 0.520. The Kier molecular flexibility index (Phi) is 6.96. The zero-order valence-corrected chi connectivity index (χ0v) is 10.1. The highest BCUT2D eigenvalue weighted by Gasteiger charge is 2.21. The van der Waals surface area contributed by atoms with Crippen molar-refractivity contribution < 1.29 is 0 Å². The minimum atomic E-state index is -2.45. The molecule has 0 aliphatic rings. The summed E-state index contributed by atoms with van der Waals surface area (Å²) in [6.07, 6.45) is 11.5. The lowest BCUT2D eigenvalue weighted by Gasteiger charge is -2.00. The molecule has 0 rings (SSSR count). The zero-order chi connectivity index (χ0) is 9.45. The summed E-state index contributed by atoms with van der Waals surface area (Å²) < 4.78 is 0. The van der Waals surface area contributed by atoms with E-state index in [-0.39, 0.29) is 0 Å². The van der Waals surface area contributed by atoms with Crippen molar-refractivity contribution in [3.63, 3.8) is 0 Å². The topological polar surface area (TPSA) is 0 Å². The van der Waals surface area contributed by atoms with Crippen molar-refractivity contribution in [2.45, 2.75) is 13.0 Å². The highest BCUT2D eigenvalue weighted by molar-refractivity contribution is 7.64. The van der Waals surface area contributed by atoms with Crippen LogP contribution in [0.25, 0.3) is 0 Å². The molecule has 0 nitrogen and oxygen atoms in total. The first-order chi connectivity index (χ1) is 5.56. The molecule has 0 saturated heterocycles. The SMILES string of the molecule is CC=CC=CC=CC[Si](Cl)(Cl)Cl. The van der Waals surface area contributed by atoms with E-state index in [1.807, 2.05) is 43.4 Å². The van der Waals surface area contributed by atoms with Crippen LogP contribution in [-0.4, -0.2) is 6.00 Å². The van der Waals surface area contributed by atoms with Crippen LogP contribution in [0.15, 0.2) is 36.5 Å². The maximum absolute atomic E-state index is 5.65. The molecule has 0 fully saturated rings. The van der Waals surface area contributed by atoms with Gasteiger partial charge in [-0.25, -0.2) is 0 Å². The molecule has 0 spiro atoms. The molecule has 0 atom stereocenters. The van der Waals surface area contributed by atoms with Crippen molar-refractivity contribution in [3.8, 4) is 0 Å². The predicted octanol–water partition coefficient (Wildman–Crippen LogP) is 4.33. The van der Waals surface area contributed by atoms with E-state index in [4.69, 9.17) is 33.2 Å². The highest BCUT2D eigenvalue weighted by Crippen LogP contribution is 2.24. The summed E-state index contributed by atoms with van der Waals surface area (Å²) in [6, 6.07) is -1.88. The zero-order valence-electron chi connectivity index (χ0n) is 6.81. The number of halogens is 3. The predicted molar refractivity (Wildman–Crippen MR) is 61.2 cm³/mol. The van der Waals surface area contributed by atoms with Gasteiger partial charge >= 0.3 is 6.00 Å². The molecule has 68 valence electrons. The molecule has 0 aromatic rings. The van der Waals surface area contributed by atoms with Gasteiger partial charge in [0.25, 0.3) is 0 Å². The van der Waals surface area contributed by atoms with Gasteiger partial charge in [-0.1, -0.05) is 36.5 Å². The number of rotatable bonds is 4. The van der Waals surface area contributed by atoms with Crippen molar-refractivity contribution >= 4 is 39.2 Å². The Labute approximate surface area is 88.6 Å². The van der Waals surface area contributed by atoms with Crippen LogP contribution in [0, 0.1) is 0 Å². The first-order valence-corrected chi connectivity index (χ1v) is 8.82. The summed E-state index contributed by atoms with van der Waals surface area (Å²) in [5, 5.41) is 0. The van der Waals surface area contributed by atoms with E-state index in [1.165, 1.54) is 0 Å². The Bertz CT molecular complexity index is 189. The van der Waals surface area contributed by atoms with Gasteiger partial charge in [0.1, 0.15) is 0 Å². The molecule has 12 heavy (non-hydrogen) atoms. The molecule has 0 radical (unpaired) electrons. The normalized spacial score (nSPS) is 14.0. The van der Waals surface area contributed by atoms with Gasteiger partial charge in [0, 0.05) is 6.04 Å². The minimum Gasteiger partial charge on any atom is -0.126 e. The van der Waals surface area contributed by atoms with Crippen molar-refractivity contribution in [1.29, 1.82) is 0 Å². The number of hydrogen-bond acceptors (Lipinski definition) is 0. The molecule has 0 amide bonds. The molecule has 4 heteroatoms. The van der Waals surface area contributed by atoms with E-state index in [0.29, 0.717) is 6.04 Å². The van der Waals surface area contributed by atoms with E-state index < -0.39 is 6.00 Å². The van der Waals surface area contributed by atoms with Gasteiger partial charge in [-0.15, -0.1) is 33.2 Å². The van der Waals surface area contributed by atoms with Gasteiger partial charge in [0.05, 0.1) is 0 Å². The average Bonchev–Trinajstić information content (AvgIpc) is 1.94. The summed E-state index contributed by atoms with van der Waals surface area (Å²) in [7, 11) is 0. The summed E-state index contributed by atoms with van der Waals surface area (Å²) in [6.45, 7) is 1.96. The second kappa shape index (κ2) is 6.78. The smallest absolute Gasteiger partial charge is 0.126 e. The Morgan fingerprint density at radius 2 is 1.58 bits per heavy atom. The Morgan fingerprint density at radius 1 is 1.00 bits per heavy atom. The van der Waals surface area contributed by atoms with Crippen LogP contribution in [0.3, 0.4) is 0 Å². The van der Waals surface area contributed by atoms with Gasteiger partial charge in [-0.3, -0.25) is 0 Å². The first-order valence-electron chi connectivity index (χ1n) is 3.57. The standard InChI is InChI=1S/C8H11Cl3Si/c1-2-3-4-5-6-7-8-12(9,10)11/h2-7H,8H2,1H3. The molecule has 0 aliphatic heterocycles. The molecule has 0 N–H and O–H groups in total. The lowest BCUT2D eigenvalue weighted by molar-refractivity contribution is 1.67. The molecule has 0 saturated carbocycles. The summed E-state index contributed by atoms with van der Waals surface area (Å²) in [5.41, 5.74) is 0. The first kappa shape index (κ1) is 12.3. The Hall–Kier alpha value is 0.307. The maximum atomic E-state index is 5.65. The van der Waals surface area contributed by atoms with Crippen LogP contribution in [0.1, 0.15) is 6.92 Å². The third-order valence-electron chi connectivity index (χ3n) is 1.01. The van der Waals surface area contributed by atoms with Crippen LogP contribution >= 0.6 is 33.2 Å². The van der Waals surface area contributed by atoms with Crippen molar-refractivity contribution in [2.75, 3.05) is 0 Å². The van der Waals surface area contributed by atoms with Gasteiger partial charge in [-0.05, 0) is 6.92 Å². The van der Waals surface area contributed by atoms with Crippen LogP contribution < -0.4 is 0 Å². The molecule has 0 heterocycles. The van der Waals surface area contributed by atoms with Crippen molar-refractivity contribution in [2.24, 2.45) is 0 Å². The molecule has 0 aromatic heterocycles. The van der Waals surface area contributed by atoms with Crippen LogP contribution in [-0.2, 0) is 0 Å². The molecule has 0 bridgehead atoms. The summed E-state index contributed by atoms with van der Waals surface area (Å²) in [4.78, 5) is 0. The Balaban J connectivity index is 3.64. The molecular weight excluding hydrogens is 231 g/mol. The fourth-order valence-corrected chi connectivity index (χ4v) is 1.72. The fraction of sp³-hybridized carbons (Fsp3) is 0.250. The minimum absolute atomic E-state index is 0.567. The maximum Gasteiger partial charge on any atom is 0.344 e. The second-order valence-electron chi connectivity index (χ2n) is 2.16. The lowest BCUT2D eigenvalue weighted by Crippen LogP contribution is -2.05. The molecule has 0 unspecified atom stereocenters. The molecule has 0 aromatic carbocycles. The van der Waals surface area contributed by atoms with E-state index in [0.717, 1.165) is 0 Å². The van der Waals surface area contributed by atoms with E-state index in [2.05, 4.69) is 0 Å². The molecular formula is C8H11Cl3Si. The number of hydrogen-bond donors (Lipinski definition) is 0. The van der Waals surface area contributed by atoms with Gasteiger partial charge in [-0.2, -0.15) is 0 Å². The largest absolute Gasteiger partial charge is 0.344 e. The third-order valence-corrected chi connectivity index (χ3v) is 3.10. The van der Waals surface area contributed by atoms with Gasteiger partial charge in [0.15, 0.2) is 0 Å². The van der Waals surface area contributed by atoms with E-state index in [9.17, 15) is 0 Å². The van der Waals surface area contributed by atoms with Gasteiger partial charge in [0.2, 0.25) is 0 Å². The van der Waals surface area contributed by atoms with Crippen molar-refractivity contribution in [1.82, 2.24) is 0 Å².